The normalized spacial score (nSPS) is 10.1. The molecule has 0 saturated carbocycles. The summed E-state index contributed by atoms with van der Waals surface area (Å²) in [6, 6.07) is 1.26. The van der Waals surface area contributed by atoms with Gasteiger partial charge in [0.1, 0.15) is 0 Å². The molecule has 1 heterocycles. The summed E-state index contributed by atoms with van der Waals surface area (Å²) in [5.74, 6) is 0. The van der Waals surface area contributed by atoms with E-state index in [1.54, 1.807) is 0 Å². The minimum Gasteiger partial charge on any atom is -0.396 e. The van der Waals surface area contributed by atoms with E-state index in [2.05, 4.69) is 10.4 Å². The molecule has 0 fully saturated rings. The molecule has 6 heteroatoms. The Morgan fingerprint density at radius 3 is 2.86 bits per heavy atom. The van der Waals surface area contributed by atoms with Crippen LogP contribution in [0.15, 0.2) is 21.9 Å². The van der Waals surface area contributed by atoms with Crippen molar-refractivity contribution < 1.29 is 5.11 Å². The van der Waals surface area contributed by atoms with Gasteiger partial charge in [-0.15, -0.1) is 0 Å². The molecule has 0 aliphatic heterocycles. The zero-order chi connectivity index (χ0) is 10.4. The van der Waals surface area contributed by atoms with E-state index in [1.807, 2.05) is 0 Å². The third kappa shape index (κ3) is 2.74. The molecule has 1 aromatic heterocycles. The van der Waals surface area contributed by atoms with E-state index in [9.17, 15) is 9.59 Å². The number of nitrogens with one attached hydrogen (secondary N) is 2. The molecule has 14 heavy (non-hydrogen) atoms. The van der Waals surface area contributed by atoms with Crippen molar-refractivity contribution in [2.24, 2.45) is 0 Å². The van der Waals surface area contributed by atoms with Gasteiger partial charge in [-0.2, -0.15) is 4.68 Å². The van der Waals surface area contributed by atoms with Crippen LogP contribution in [0.5, 0.6) is 0 Å². The van der Waals surface area contributed by atoms with E-state index in [-0.39, 0.29) is 6.61 Å². The molecule has 1 aromatic rings. The van der Waals surface area contributed by atoms with Gasteiger partial charge in [-0.05, 0) is 12.8 Å². The lowest BCUT2D eigenvalue weighted by Gasteiger charge is -2.05. The van der Waals surface area contributed by atoms with Gasteiger partial charge in [0.05, 0.1) is 0 Å². The van der Waals surface area contributed by atoms with E-state index < -0.39 is 11.2 Å². The Labute approximate surface area is 80.2 Å². The lowest BCUT2D eigenvalue weighted by Crippen LogP contribution is -2.40. The molecule has 6 nitrogen and oxygen atoms in total. The van der Waals surface area contributed by atoms with Gasteiger partial charge in [0.25, 0.3) is 5.56 Å². The van der Waals surface area contributed by atoms with Crippen LogP contribution < -0.4 is 16.7 Å². The number of H-pyrrole nitrogens is 1. The third-order valence-corrected chi connectivity index (χ3v) is 1.71. The molecule has 1 rings (SSSR count). The van der Waals surface area contributed by atoms with Crippen molar-refractivity contribution in [1.29, 1.82) is 0 Å². The second-order valence-corrected chi connectivity index (χ2v) is 2.80. The predicted molar refractivity (Wildman–Crippen MR) is 51.9 cm³/mol. The number of aromatic amines is 1. The molecule has 0 radical (unpaired) electrons. The highest BCUT2D eigenvalue weighted by molar-refractivity contribution is 4.85. The number of nitrogens with zero attached hydrogens (tertiary/aromatic N) is 1. The van der Waals surface area contributed by atoms with Crippen LogP contribution in [0, 0.1) is 0 Å². The van der Waals surface area contributed by atoms with Gasteiger partial charge in [-0.3, -0.25) is 4.79 Å². The van der Waals surface area contributed by atoms with Crippen molar-refractivity contribution in [1.82, 2.24) is 9.66 Å². The maximum atomic E-state index is 11.1. The molecule has 0 aliphatic carbocycles. The standard InChI is InChI=1S/C8H13N3O3/c12-6-2-1-4-10-11-7(13)3-5-9-8(11)14/h3,5,10,12H,1-2,4,6H2,(H,9,14). The first kappa shape index (κ1) is 10.5. The van der Waals surface area contributed by atoms with E-state index in [4.69, 9.17) is 5.11 Å². The van der Waals surface area contributed by atoms with Crippen molar-refractivity contribution in [2.45, 2.75) is 12.8 Å². The van der Waals surface area contributed by atoms with Crippen LogP contribution in [0.3, 0.4) is 0 Å². The smallest absolute Gasteiger partial charge is 0.347 e. The molecule has 0 spiro atoms. The number of aromatic nitrogens is 2. The van der Waals surface area contributed by atoms with Gasteiger partial charge in [0.15, 0.2) is 0 Å². The van der Waals surface area contributed by atoms with E-state index >= 15 is 0 Å². The number of aliphatic hydroxyl groups excluding tert-OH is 1. The summed E-state index contributed by atoms with van der Waals surface area (Å²) in [5, 5.41) is 8.51. The maximum absolute atomic E-state index is 11.1. The second-order valence-electron chi connectivity index (χ2n) is 2.80. The van der Waals surface area contributed by atoms with Crippen LogP contribution in [0.1, 0.15) is 12.8 Å². The van der Waals surface area contributed by atoms with Crippen molar-refractivity contribution >= 4 is 0 Å². The molecule has 78 valence electrons. The highest BCUT2D eigenvalue weighted by Crippen LogP contribution is 1.83. The van der Waals surface area contributed by atoms with Crippen molar-refractivity contribution in [2.75, 3.05) is 18.6 Å². The zero-order valence-electron chi connectivity index (χ0n) is 7.69. The lowest BCUT2D eigenvalue weighted by molar-refractivity contribution is 0.285. The van der Waals surface area contributed by atoms with Gasteiger partial charge in [-0.25, -0.2) is 4.79 Å². The molecule has 0 amide bonds. The van der Waals surface area contributed by atoms with Crippen LogP contribution in [-0.2, 0) is 0 Å². The molecule has 0 saturated heterocycles. The quantitative estimate of drug-likeness (QED) is 0.523. The first-order valence-corrected chi connectivity index (χ1v) is 4.41. The number of rotatable bonds is 5. The fraction of sp³-hybridized carbons (Fsp3) is 0.500. The average molecular weight is 199 g/mol. The fourth-order valence-corrected chi connectivity index (χ4v) is 1.00. The van der Waals surface area contributed by atoms with E-state index in [1.165, 1.54) is 12.3 Å². The summed E-state index contributed by atoms with van der Waals surface area (Å²) in [6.07, 6.45) is 2.65. The maximum Gasteiger partial charge on any atom is 0.347 e. The Hall–Kier alpha value is -1.56. The van der Waals surface area contributed by atoms with Gasteiger partial charge in [0.2, 0.25) is 0 Å². The van der Waals surface area contributed by atoms with Crippen molar-refractivity contribution in [3.8, 4) is 0 Å². The molecule has 0 unspecified atom stereocenters. The van der Waals surface area contributed by atoms with Crippen LogP contribution in [0.4, 0.5) is 0 Å². The highest BCUT2D eigenvalue weighted by atomic mass is 16.3. The van der Waals surface area contributed by atoms with Gasteiger partial charge < -0.3 is 15.5 Å². The van der Waals surface area contributed by atoms with Crippen molar-refractivity contribution in [3.63, 3.8) is 0 Å². The molecule has 3 N–H and O–H groups in total. The lowest BCUT2D eigenvalue weighted by atomic mass is 10.3. The molecule has 0 aliphatic rings. The molecular weight excluding hydrogens is 186 g/mol. The van der Waals surface area contributed by atoms with E-state index in [0.717, 1.165) is 4.68 Å². The van der Waals surface area contributed by atoms with E-state index in [0.29, 0.717) is 19.4 Å². The zero-order valence-corrected chi connectivity index (χ0v) is 7.69. The summed E-state index contributed by atoms with van der Waals surface area (Å²) in [7, 11) is 0. The Bertz CT molecular complexity index is 354. The summed E-state index contributed by atoms with van der Waals surface area (Å²) >= 11 is 0. The SMILES string of the molecule is O=c1cc[nH]c(=O)n1NCCCCO. The average Bonchev–Trinajstić information content (AvgIpc) is 2.16. The third-order valence-electron chi connectivity index (χ3n) is 1.71. The van der Waals surface area contributed by atoms with Gasteiger partial charge >= 0.3 is 5.69 Å². The second kappa shape index (κ2) is 5.23. The van der Waals surface area contributed by atoms with Crippen LogP contribution in [0.2, 0.25) is 0 Å². The first-order valence-electron chi connectivity index (χ1n) is 4.41. The van der Waals surface area contributed by atoms with Crippen LogP contribution in [0.25, 0.3) is 0 Å². The van der Waals surface area contributed by atoms with Crippen LogP contribution in [-0.4, -0.2) is 27.9 Å². The Balaban J connectivity index is 2.59. The minimum atomic E-state index is -0.485. The largest absolute Gasteiger partial charge is 0.396 e. The molecule has 0 atom stereocenters. The summed E-state index contributed by atoms with van der Waals surface area (Å²) in [5.41, 5.74) is 1.79. The monoisotopic (exact) mass is 199 g/mol. The van der Waals surface area contributed by atoms with Crippen LogP contribution >= 0.6 is 0 Å². The summed E-state index contributed by atoms with van der Waals surface area (Å²) in [6.45, 7) is 0.593. The molecule has 0 bridgehead atoms. The van der Waals surface area contributed by atoms with Gasteiger partial charge in [-0.1, -0.05) is 0 Å². The molecule has 0 aromatic carbocycles. The Morgan fingerprint density at radius 2 is 2.21 bits per heavy atom. The number of unbranched alkanes of at least 4 members (excludes halogenated alkanes) is 1. The summed E-state index contributed by atoms with van der Waals surface area (Å²) in [4.78, 5) is 24.6. The van der Waals surface area contributed by atoms with Crippen molar-refractivity contribution in [3.05, 3.63) is 33.1 Å². The minimum absolute atomic E-state index is 0.113. The first-order chi connectivity index (χ1) is 6.75. The van der Waals surface area contributed by atoms with Gasteiger partial charge in [0, 0.05) is 25.4 Å². The summed E-state index contributed by atoms with van der Waals surface area (Å²) < 4.78 is 0.914. The Morgan fingerprint density at radius 1 is 1.43 bits per heavy atom. The number of hydrogen-bond donors (Lipinski definition) is 3. The predicted octanol–water partition coefficient (Wildman–Crippen LogP) is -1.15. The molecular formula is C8H13N3O3. The Kier molecular flexibility index (Phi) is 3.93. The number of aliphatic hydroxyl groups is 1. The topological polar surface area (TPSA) is 87.1 Å². The highest BCUT2D eigenvalue weighted by Gasteiger charge is 1.97. The number of hydrogen-bond acceptors (Lipinski definition) is 4. The fourth-order valence-electron chi connectivity index (χ4n) is 1.00.